The van der Waals surface area contributed by atoms with E-state index in [0.29, 0.717) is 31.1 Å². The quantitative estimate of drug-likeness (QED) is 0.814. The summed E-state index contributed by atoms with van der Waals surface area (Å²) in [5, 5.41) is 7.70. The lowest BCUT2D eigenvalue weighted by atomic mass is 10.1. The van der Waals surface area contributed by atoms with E-state index in [1.807, 2.05) is 0 Å². The monoisotopic (exact) mass is 381 g/mol. The number of halogens is 3. The van der Waals surface area contributed by atoms with E-state index in [2.05, 4.69) is 10.2 Å². The van der Waals surface area contributed by atoms with Gasteiger partial charge in [0.15, 0.2) is 0 Å². The Bertz CT molecular complexity index is 796. The number of hydrogen-bond acceptors (Lipinski definition) is 5. The van der Waals surface area contributed by atoms with Gasteiger partial charge in [-0.25, -0.2) is 0 Å². The number of carbonyl (C=O) groups is 1. The van der Waals surface area contributed by atoms with Crippen molar-refractivity contribution in [3.05, 3.63) is 47.5 Å². The van der Waals surface area contributed by atoms with Crippen LogP contribution in [0.3, 0.4) is 0 Å². The van der Waals surface area contributed by atoms with Gasteiger partial charge in [-0.15, -0.1) is 10.2 Å². The molecule has 0 aliphatic carbocycles. The van der Waals surface area contributed by atoms with Crippen molar-refractivity contribution in [1.29, 1.82) is 0 Å². The Morgan fingerprint density at radius 1 is 1.19 bits per heavy atom. The number of ether oxygens (including phenoxy) is 2. The molecule has 2 aromatic rings. The van der Waals surface area contributed by atoms with E-state index >= 15 is 0 Å². The Hall–Kier alpha value is -2.84. The first kappa shape index (κ1) is 18.9. The van der Waals surface area contributed by atoms with Gasteiger partial charge >= 0.3 is 6.18 Å². The molecule has 1 aromatic carbocycles. The standard InChI is InChI=1S/C18H18F3N3O3/c1-26-15-7-8-16(23-22-15)27-14-6-3-9-24(11-14)17(25)12-4-2-5-13(10-12)18(19,20)21/h2,4-5,7-8,10,14H,3,6,9,11H2,1H3. The summed E-state index contributed by atoms with van der Waals surface area (Å²) in [4.78, 5) is 14.1. The third-order valence-corrected chi connectivity index (χ3v) is 4.21. The molecular weight excluding hydrogens is 363 g/mol. The van der Waals surface area contributed by atoms with Crippen LogP contribution in [0.4, 0.5) is 13.2 Å². The number of hydrogen-bond donors (Lipinski definition) is 0. The summed E-state index contributed by atoms with van der Waals surface area (Å²) < 4.78 is 49.3. The lowest BCUT2D eigenvalue weighted by Gasteiger charge is -2.32. The third kappa shape index (κ3) is 4.66. The average molecular weight is 381 g/mol. The van der Waals surface area contributed by atoms with Crippen LogP contribution in [0.2, 0.25) is 0 Å². The SMILES string of the molecule is COc1ccc(OC2CCCN(C(=O)c3cccc(C(F)(F)F)c3)C2)nn1. The van der Waals surface area contributed by atoms with Gasteiger partial charge in [-0.1, -0.05) is 6.07 Å². The Balaban J connectivity index is 1.67. The lowest BCUT2D eigenvalue weighted by Crippen LogP contribution is -2.44. The molecule has 1 unspecified atom stereocenters. The molecule has 1 aliphatic rings. The first-order valence-corrected chi connectivity index (χ1v) is 8.38. The minimum absolute atomic E-state index is 0.00899. The molecule has 3 rings (SSSR count). The Morgan fingerprint density at radius 3 is 2.59 bits per heavy atom. The molecule has 0 N–H and O–H groups in total. The molecule has 1 aliphatic heterocycles. The van der Waals surface area contributed by atoms with Crippen LogP contribution in [0.25, 0.3) is 0 Å². The number of carbonyl (C=O) groups excluding carboxylic acids is 1. The molecule has 1 saturated heterocycles. The van der Waals surface area contributed by atoms with Crippen molar-refractivity contribution in [3.63, 3.8) is 0 Å². The van der Waals surface area contributed by atoms with Crippen molar-refractivity contribution >= 4 is 5.91 Å². The summed E-state index contributed by atoms with van der Waals surface area (Å²) >= 11 is 0. The van der Waals surface area contributed by atoms with Gasteiger partial charge in [-0.2, -0.15) is 13.2 Å². The predicted molar refractivity (Wildman–Crippen MR) is 89.6 cm³/mol. The van der Waals surface area contributed by atoms with Crippen molar-refractivity contribution in [2.24, 2.45) is 0 Å². The van der Waals surface area contributed by atoms with Gasteiger partial charge in [0.1, 0.15) is 6.10 Å². The number of methoxy groups -OCH3 is 1. The highest BCUT2D eigenvalue weighted by atomic mass is 19.4. The minimum Gasteiger partial charge on any atom is -0.480 e. The number of nitrogens with zero attached hydrogens (tertiary/aromatic N) is 3. The van der Waals surface area contributed by atoms with Crippen LogP contribution in [-0.4, -0.2) is 47.3 Å². The number of aromatic nitrogens is 2. The highest BCUT2D eigenvalue weighted by Gasteiger charge is 2.32. The van der Waals surface area contributed by atoms with Crippen molar-refractivity contribution in [2.75, 3.05) is 20.2 Å². The van der Waals surface area contributed by atoms with Crippen LogP contribution in [0.1, 0.15) is 28.8 Å². The maximum atomic E-state index is 12.9. The molecule has 0 saturated carbocycles. The van der Waals surface area contributed by atoms with Crippen LogP contribution in [0.15, 0.2) is 36.4 Å². The molecule has 0 bridgehead atoms. The molecular formula is C18H18F3N3O3. The van der Waals surface area contributed by atoms with E-state index in [0.717, 1.165) is 12.1 Å². The maximum absolute atomic E-state index is 12.9. The summed E-state index contributed by atoms with van der Waals surface area (Å²) in [6.07, 6.45) is -3.41. The zero-order valence-electron chi connectivity index (χ0n) is 14.6. The summed E-state index contributed by atoms with van der Waals surface area (Å²) in [6, 6.07) is 7.66. The fourth-order valence-corrected chi connectivity index (χ4v) is 2.88. The normalized spacial score (nSPS) is 17.5. The van der Waals surface area contributed by atoms with Gasteiger partial charge in [0, 0.05) is 24.2 Å². The Labute approximate surface area is 153 Å². The zero-order valence-corrected chi connectivity index (χ0v) is 14.6. The fraction of sp³-hybridized carbons (Fsp3) is 0.389. The van der Waals surface area contributed by atoms with E-state index < -0.39 is 17.6 Å². The average Bonchev–Trinajstić information content (AvgIpc) is 2.68. The van der Waals surface area contributed by atoms with Crippen LogP contribution < -0.4 is 9.47 Å². The van der Waals surface area contributed by atoms with E-state index in [1.54, 1.807) is 12.1 Å². The first-order chi connectivity index (χ1) is 12.9. The van der Waals surface area contributed by atoms with Gasteiger partial charge < -0.3 is 14.4 Å². The fourth-order valence-electron chi connectivity index (χ4n) is 2.88. The van der Waals surface area contributed by atoms with Gasteiger partial charge in [0.2, 0.25) is 11.8 Å². The molecule has 1 aromatic heterocycles. The van der Waals surface area contributed by atoms with Crippen LogP contribution >= 0.6 is 0 Å². The molecule has 144 valence electrons. The Morgan fingerprint density at radius 2 is 1.93 bits per heavy atom. The minimum atomic E-state index is -4.49. The van der Waals surface area contributed by atoms with Gasteiger partial charge in [-0.3, -0.25) is 4.79 Å². The Kier molecular flexibility index (Phi) is 5.48. The molecule has 27 heavy (non-hydrogen) atoms. The van der Waals surface area contributed by atoms with Crippen molar-refractivity contribution < 1.29 is 27.4 Å². The van der Waals surface area contributed by atoms with E-state index in [9.17, 15) is 18.0 Å². The maximum Gasteiger partial charge on any atom is 0.416 e. The number of rotatable bonds is 4. The summed E-state index contributed by atoms with van der Waals surface area (Å²) in [5.41, 5.74) is -0.832. The van der Waals surface area contributed by atoms with E-state index in [1.165, 1.54) is 24.1 Å². The second-order valence-corrected chi connectivity index (χ2v) is 6.13. The molecule has 2 heterocycles. The molecule has 1 amide bonds. The second-order valence-electron chi connectivity index (χ2n) is 6.13. The van der Waals surface area contributed by atoms with E-state index in [4.69, 9.17) is 9.47 Å². The first-order valence-electron chi connectivity index (χ1n) is 8.38. The molecule has 0 radical (unpaired) electrons. The van der Waals surface area contributed by atoms with Crippen LogP contribution in [-0.2, 0) is 6.18 Å². The van der Waals surface area contributed by atoms with Gasteiger partial charge in [0.25, 0.3) is 5.91 Å². The highest BCUT2D eigenvalue weighted by molar-refractivity contribution is 5.94. The van der Waals surface area contributed by atoms with Gasteiger partial charge in [0.05, 0.1) is 19.2 Å². The topological polar surface area (TPSA) is 64.6 Å². The molecule has 6 nitrogen and oxygen atoms in total. The molecule has 9 heteroatoms. The smallest absolute Gasteiger partial charge is 0.416 e. The lowest BCUT2D eigenvalue weighted by molar-refractivity contribution is -0.137. The summed E-state index contributed by atoms with van der Waals surface area (Å²) in [7, 11) is 1.48. The number of alkyl halides is 3. The van der Waals surface area contributed by atoms with Crippen LogP contribution in [0, 0.1) is 0 Å². The largest absolute Gasteiger partial charge is 0.480 e. The second kappa shape index (κ2) is 7.81. The van der Waals surface area contributed by atoms with Crippen molar-refractivity contribution in [2.45, 2.75) is 25.1 Å². The van der Waals surface area contributed by atoms with E-state index in [-0.39, 0.29) is 18.2 Å². The number of likely N-dealkylation sites (tertiary alicyclic amines) is 1. The van der Waals surface area contributed by atoms with Gasteiger partial charge in [-0.05, 0) is 31.0 Å². The molecule has 0 spiro atoms. The summed E-state index contributed by atoms with van der Waals surface area (Å²) in [6.45, 7) is 0.728. The number of amides is 1. The number of piperidine rings is 1. The highest BCUT2D eigenvalue weighted by Crippen LogP contribution is 2.30. The van der Waals surface area contributed by atoms with Crippen molar-refractivity contribution in [3.8, 4) is 11.8 Å². The third-order valence-electron chi connectivity index (χ3n) is 4.21. The molecule has 1 fully saturated rings. The number of benzene rings is 1. The van der Waals surface area contributed by atoms with Crippen molar-refractivity contribution in [1.82, 2.24) is 15.1 Å². The summed E-state index contributed by atoms with van der Waals surface area (Å²) in [5.74, 6) is 0.205. The zero-order chi connectivity index (χ0) is 19.4. The van der Waals surface area contributed by atoms with Crippen LogP contribution in [0.5, 0.6) is 11.8 Å². The predicted octanol–water partition coefficient (Wildman–Crippen LogP) is 3.19. The molecule has 1 atom stereocenters.